The smallest absolute Gasteiger partial charge is 0.410 e. The second-order valence-corrected chi connectivity index (χ2v) is 11.5. The fourth-order valence-corrected chi connectivity index (χ4v) is 5.41. The number of fused-ring (bicyclic) bond motifs is 1. The molecule has 198 valence electrons. The zero-order chi connectivity index (χ0) is 26.7. The van der Waals surface area contributed by atoms with Gasteiger partial charge in [-0.05, 0) is 60.9 Å². The number of benzene rings is 2. The molecule has 0 aliphatic carbocycles. The van der Waals surface area contributed by atoms with Gasteiger partial charge in [-0.2, -0.15) is 5.10 Å². The zero-order valence-electron chi connectivity index (χ0n) is 22.0. The van der Waals surface area contributed by atoms with Crippen LogP contribution in [0.3, 0.4) is 0 Å². The fourth-order valence-electron chi connectivity index (χ4n) is 4.48. The van der Waals surface area contributed by atoms with E-state index in [9.17, 15) is 9.59 Å². The lowest BCUT2D eigenvalue weighted by atomic mass is 10.1. The molecule has 0 radical (unpaired) electrons. The molecule has 0 atom stereocenters. The number of thiophene rings is 1. The molecule has 1 aliphatic rings. The van der Waals surface area contributed by atoms with Gasteiger partial charge in [0, 0.05) is 49.3 Å². The zero-order valence-corrected chi connectivity index (χ0v) is 22.8. The van der Waals surface area contributed by atoms with Gasteiger partial charge in [-0.15, -0.1) is 11.3 Å². The minimum absolute atomic E-state index is 0.182. The third-order valence-corrected chi connectivity index (χ3v) is 7.42. The molecule has 2 amide bonds. The highest BCUT2D eigenvalue weighted by Crippen LogP contribution is 2.30. The highest BCUT2D eigenvalue weighted by molar-refractivity contribution is 7.17. The number of amides is 2. The average molecular weight is 532 g/mol. The lowest BCUT2D eigenvalue weighted by Gasteiger charge is -2.35. The maximum absolute atomic E-state index is 12.9. The van der Waals surface area contributed by atoms with E-state index in [4.69, 9.17) is 4.74 Å². The van der Waals surface area contributed by atoms with E-state index in [1.54, 1.807) is 33.3 Å². The van der Waals surface area contributed by atoms with Crippen molar-refractivity contribution >= 4 is 39.1 Å². The monoisotopic (exact) mass is 531 g/mol. The van der Waals surface area contributed by atoms with Gasteiger partial charge in [0.1, 0.15) is 5.60 Å². The van der Waals surface area contributed by atoms with Crippen LogP contribution in [0.4, 0.5) is 10.5 Å². The Labute approximate surface area is 226 Å². The summed E-state index contributed by atoms with van der Waals surface area (Å²) in [6, 6.07) is 16.1. The molecule has 1 aliphatic heterocycles. The molecule has 3 heterocycles. The number of carbonyl (C=O) groups is 2. The topological polar surface area (TPSA) is 79.7 Å². The van der Waals surface area contributed by atoms with Crippen molar-refractivity contribution in [1.29, 1.82) is 0 Å². The first kappa shape index (κ1) is 25.9. The summed E-state index contributed by atoms with van der Waals surface area (Å²) in [6.07, 6.45) is 3.13. The molecular weight excluding hydrogens is 498 g/mol. The Balaban J connectivity index is 1.20. The van der Waals surface area contributed by atoms with Gasteiger partial charge in [0.2, 0.25) is 0 Å². The second kappa shape index (κ2) is 11.0. The van der Waals surface area contributed by atoms with Crippen LogP contribution in [0.25, 0.3) is 10.1 Å². The lowest BCUT2D eigenvalue weighted by Crippen LogP contribution is -2.49. The summed E-state index contributed by atoms with van der Waals surface area (Å²) in [4.78, 5) is 29.4. The van der Waals surface area contributed by atoms with Crippen molar-refractivity contribution in [1.82, 2.24) is 19.6 Å². The van der Waals surface area contributed by atoms with E-state index in [2.05, 4.69) is 26.8 Å². The SMILES string of the molecule is CC(C)(C)OC(=O)N1CCN(Cc2csc3ccc(NC(=O)c4cnn(Cc5ccccc5)c4)cc23)CC1. The van der Waals surface area contributed by atoms with Crippen molar-refractivity contribution in [3.63, 3.8) is 0 Å². The first-order chi connectivity index (χ1) is 18.2. The van der Waals surface area contributed by atoms with Crippen LogP contribution in [0, 0.1) is 0 Å². The molecule has 1 N–H and O–H groups in total. The normalized spacial score (nSPS) is 14.6. The van der Waals surface area contributed by atoms with Gasteiger partial charge in [0.25, 0.3) is 5.91 Å². The fraction of sp³-hybridized carbons (Fsp3) is 0.345. The number of nitrogens with zero attached hydrogens (tertiary/aromatic N) is 4. The Kier molecular flexibility index (Phi) is 7.49. The van der Waals surface area contributed by atoms with E-state index in [1.165, 1.54) is 10.3 Å². The summed E-state index contributed by atoms with van der Waals surface area (Å²) < 4.78 is 8.46. The molecule has 0 saturated carbocycles. The molecule has 0 spiro atoms. The van der Waals surface area contributed by atoms with Crippen LogP contribution >= 0.6 is 11.3 Å². The second-order valence-electron chi connectivity index (χ2n) is 10.6. The standard InChI is InChI=1S/C29H33N5O3S/c1-29(2,3)37-28(36)33-13-11-32(12-14-33)18-23-20-38-26-10-9-24(15-25(23)26)31-27(35)22-16-30-34(19-22)17-21-7-5-4-6-8-21/h4-10,15-16,19-20H,11-14,17-18H2,1-3H3,(H,31,35). The van der Waals surface area contributed by atoms with Crippen LogP contribution in [-0.4, -0.2) is 63.4 Å². The molecule has 2 aromatic carbocycles. The number of piperazine rings is 1. The Morgan fingerprint density at radius 1 is 1.03 bits per heavy atom. The van der Waals surface area contributed by atoms with E-state index in [0.717, 1.165) is 36.3 Å². The highest BCUT2D eigenvalue weighted by Gasteiger charge is 2.26. The van der Waals surface area contributed by atoms with Crippen LogP contribution in [-0.2, 0) is 17.8 Å². The molecule has 0 bridgehead atoms. The number of anilines is 1. The Hall–Kier alpha value is -3.69. The molecule has 4 aromatic rings. The number of aromatic nitrogens is 2. The summed E-state index contributed by atoms with van der Waals surface area (Å²) >= 11 is 1.71. The van der Waals surface area contributed by atoms with Gasteiger partial charge in [-0.3, -0.25) is 14.4 Å². The van der Waals surface area contributed by atoms with E-state index >= 15 is 0 Å². The molecular formula is C29H33N5O3S. The molecule has 38 heavy (non-hydrogen) atoms. The maximum Gasteiger partial charge on any atom is 0.410 e. The predicted molar refractivity (Wildman–Crippen MR) is 151 cm³/mol. The number of hydrogen-bond donors (Lipinski definition) is 1. The molecule has 5 rings (SSSR count). The predicted octanol–water partition coefficient (Wildman–Crippen LogP) is 5.45. The van der Waals surface area contributed by atoms with E-state index in [1.807, 2.05) is 63.2 Å². The average Bonchev–Trinajstić information content (AvgIpc) is 3.51. The maximum atomic E-state index is 12.9. The molecule has 9 heteroatoms. The van der Waals surface area contributed by atoms with E-state index in [-0.39, 0.29) is 12.0 Å². The minimum Gasteiger partial charge on any atom is -0.444 e. The summed E-state index contributed by atoms with van der Waals surface area (Å²) in [5.74, 6) is -0.182. The molecule has 1 saturated heterocycles. The highest BCUT2D eigenvalue weighted by atomic mass is 32.1. The Morgan fingerprint density at radius 3 is 2.53 bits per heavy atom. The largest absolute Gasteiger partial charge is 0.444 e. The molecule has 0 unspecified atom stereocenters. The molecule has 8 nitrogen and oxygen atoms in total. The number of nitrogens with one attached hydrogen (secondary N) is 1. The lowest BCUT2D eigenvalue weighted by molar-refractivity contribution is 0.0139. The molecule has 2 aromatic heterocycles. The van der Waals surface area contributed by atoms with Crippen LogP contribution < -0.4 is 5.32 Å². The van der Waals surface area contributed by atoms with Gasteiger partial charge in [-0.25, -0.2) is 4.79 Å². The van der Waals surface area contributed by atoms with E-state index < -0.39 is 5.60 Å². The first-order valence-electron chi connectivity index (χ1n) is 12.8. The van der Waals surface area contributed by atoms with Gasteiger partial charge in [0.15, 0.2) is 0 Å². The van der Waals surface area contributed by atoms with Crippen molar-refractivity contribution in [3.05, 3.63) is 83.0 Å². The van der Waals surface area contributed by atoms with Crippen molar-refractivity contribution in [2.24, 2.45) is 0 Å². The van der Waals surface area contributed by atoms with Crippen LogP contribution in [0.1, 0.15) is 42.3 Å². The van der Waals surface area contributed by atoms with E-state index in [0.29, 0.717) is 25.2 Å². The van der Waals surface area contributed by atoms with Crippen molar-refractivity contribution in [3.8, 4) is 0 Å². The first-order valence-corrected chi connectivity index (χ1v) is 13.7. The van der Waals surface area contributed by atoms with Crippen LogP contribution in [0.5, 0.6) is 0 Å². The Bertz CT molecular complexity index is 1420. The van der Waals surface area contributed by atoms with Gasteiger partial charge in [0.05, 0.1) is 18.3 Å². The summed E-state index contributed by atoms with van der Waals surface area (Å²) in [5, 5.41) is 10.7. The quantitative estimate of drug-likeness (QED) is 0.358. The van der Waals surface area contributed by atoms with Crippen LogP contribution in [0.15, 0.2) is 66.3 Å². The van der Waals surface area contributed by atoms with Crippen molar-refractivity contribution in [2.75, 3.05) is 31.5 Å². The number of ether oxygens (including phenoxy) is 1. The molecule has 1 fully saturated rings. The number of rotatable bonds is 6. The van der Waals surface area contributed by atoms with Gasteiger partial charge < -0.3 is 15.0 Å². The summed E-state index contributed by atoms with van der Waals surface area (Å²) in [7, 11) is 0. The third kappa shape index (κ3) is 6.41. The summed E-state index contributed by atoms with van der Waals surface area (Å²) in [6.45, 7) is 9.96. The summed E-state index contributed by atoms with van der Waals surface area (Å²) in [5.41, 5.74) is 3.15. The number of carbonyl (C=O) groups excluding carboxylic acids is 2. The van der Waals surface area contributed by atoms with Crippen molar-refractivity contribution in [2.45, 2.75) is 39.5 Å². The van der Waals surface area contributed by atoms with Crippen molar-refractivity contribution < 1.29 is 14.3 Å². The van der Waals surface area contributed by atoms with Crippen LogP contribution in [0.2, 0.25) is 0 Å². The minimum atomic E-state index is -0.487. The van der Waals surface area contributed by atoms with Gasteiger partial charge in [-0.1, -0.05) is 30.3 Å². The van der Waals surface area contributed by atoms with Gasteiger partial charge >= 0.3 is 6.09 Å². The third-order valence-electron chi connectivity index (χ3n) is 6.41. The number of hydrogen-bond acceptors (Lipinski definition) is 6. The Morgan fingerprint density at radius 2 is 1.79 bits per heavy atom.